The minimum absolute atomic E-state index is 0.235. The molecule has 0 radical (unpaired) electrons. The van der Waals surface area contributed by atoms with Crippen LogP contribution >= 0.6 is 27.7 Å². The Labute approximate surface area is 175 Å². The number of imide groups is 1. The molecule has 0 spiro atoms. The normalized spacial score (nSPS) is 16.0. The molecular weight excluding hydrogens is 434 g/mol. The van der Waals surface area contributed by atoms with Crippen LogP contribution in [0.2, 0.25) is 0 Å². The number of benzene rings is 3. The van der Waals surface area contributed by atoms with Crippen molar-refractivity contribution in [3.05, 3.63) is 99.4 Å². The summed E-state index contributed by atoms with van der Waals surface area (Å²) in [5.74, 6) is -0.247. The highest BCUT2D eigenvalue weighted by Gasteiger charge is 2.34. The molecule has 1 aliphatic heterocycles. The van der Waals surface area contributed by atoms with Gasteiger partial charge in [0.2, 0.25) is 0 Å². The van der Waals surface area contributed by atoms with E-state index in [0.29, 0.717) is 4.91 Å². The molecule has 28 heavy (non-hydrogen) atoms. The van der Waals surface area contributed by atoms with Crippen molar-refractivity contribution >= 4 is 55.7 Å². The van der Waals surface area contributed by atoms with Gasteiger partial charge in [0.15, 0.2) is 0 Å². The van der Waals surface area contributed by atoms with E-state index >= 15 is 0 Å². The molecule has 0 unspecified atom stereocenters. The molecule has 1 saturated heterocycles. The summed E-state index contributed by atoms with van der Waals surface area (Å²) in [6.45, 7) is 0.278. The number of thioether (sulfide) groups is 1. The topological polar surface area (TPSA) is 37.4 Å². The Bertz CT molecular complexity index is 1110. The first-order valence-electron chi connectivity index (χ1n) is 8.76. The highest BCUT2D eigenvalue weighted by atomic mass is 79.9. The quantitative estimate of drug-likeness (QED) is 0.432. The van der Waals surface area contributed by atoms with Crippen LogP contribution in [-0.2, 0) is 11.3 Å². The van der Waals surface area contributed by atoms with Gasteiger partial charge >= 0.3 is 0 Å². The second-order valence-corrected chi connectivity index (χ2v) is 8.25. The average Bonchev–Trinajstić information content (AvgIpc) is 2.97. The number of carbonyl (C=O) groups excluding carboxylic acids is 2. The standard InChI is InChI=1S/C23H16BrNO2S/c24-19-13-11-16(12-14-19)5-3-10-21-22(26)25(23(27)28-21)15-18-8-4-7-17-6-1-2-9-20(17)18/h1-14H,15H2/b5-3+,21-10-. The van der Waals surface area contributed by atoms with Gasteiger partial charge in [-0.3, -0.25) is 14.5 Å². The van der Waals surface area contributed by atoms with Gasteiger partial charge in [0, 0.05) is 4.47 Å². The molecule has 3 aromatic rings. The third-order valence-electron chi connectivity index (χ3n) is 4.49. The van der Waals surface area contributed by atoms with Crippen molar-refractivity contribution in [3.63, 3.8) is 0 Å². The third kappa shape index (κ3) is 3.96. The summed E-state index contributed by atoms with van der Waals surface area (Å²) in [7, 11) is 0. The second-order valence-electron chi connectivity index (χ2n) is 6.34. The van der Waals surface area contributed by atoms with Crippen molar-refractivity contribution in [1.82, 2.24) is 4.90 Å². The van der Waals surface area contributed by atoms with E-state index in [2.05, 4.69) is 15.9 Å². The highest BCUT2D eigenvalue weighted by Crippen LogP contribution is 2.33. The van der Waals surface area contributed by atoms with Gasteiger partial charge < -0.3 is 0 Å². The summed E-state index contributed by atoms with van der Waals surface area (Å²) in [5, 5.41) is 1.92. The molecule has 2 amide bonds. The minimum atomic E-state index is -0.247. The maximum Gasteiger partial charge on any atom is 0.293 e. The number of fused-ring (bicyclic) bond motifs is 1. The van der Waals surface area contributed by atoms with E-state index in [4.69, 9.17) is 0 Å². The fourth-order valence-corrected chi connectivity index (χ4v) is 4.13. The van der Waals surface area contributed by atoms with Crippen LogP contribution in [-0.4, -0.2) is 16.0 Å². The molecule has 0 bridgehead atoms. The smallest absolute Gasteiger partial charge is 0.268 e. The Morgan fingerprint density at radius 2 is 1.68 bits per heavy atom. The molecule has 0 aromatic heterocycles. The van der Waals surface area contributed by atoms with Crippen molar-refractivity contribution in [3.8, 4) is 0 Å². The SMILES string of the molecule is O=C1S/C(=C\C=C\c2ccc(Br)cc2)C(=O)N1Cc1cccc2ccccc12. The lowest BCUT2D eigenvalue weighted by molar-refractivity contribution is -0.123. The van der Waals surface area contributed by atoms with Crippen molar-refractivity contribution in [2.24, 2.45) is 0 Å². The van der Waals surface area contributed by atoms with E-state index in [1.165, 1.54) is 4.90 Å². The van der Waals surface area contributed by atoms with Gasteiger partial charge in [-0.1, -0.05) is 82.7 Å². The van der Waals surface area contributed by atoms with Crippen molar-refractivity contribution in [2.45, 2.75) is 6.54 Å². The van der Waals surface area contributed by atoms with Crippen LogP contribution in [0.5, 0.6) is 0 Å². The van der Waals surface area contributed by atoms with Crippen LogP contribution in [0.1, 0.15) is 11.1 Å². The van der Waals surface area contributed by atoms with Gasteiger partial charge in [0.25, 0.3) is 11.1 Å². The molecule has 1 fully saturated rings. The van der Waals surface area contributed by atoms with Gasteiger partial charge in [-0.05, 0) is 51.9 Å². The van der Waals surface area contributed by atoms with Crippen LogP contribution in [0.25, 0.3) is 16.8 Å². The van der Waals surface area contributed by atoms with Gasteiger partial charge in [-0.2, -0.15) is 0 Å². The Hall–Kier alpha value is -2.63. The Kier molecular flexibility index (Phi) is 5.46. The molecule has 3 aromatic carbocycles. The van der Waals surface area contributed by atoms with E-state index < -0.39 is 0 Å². The summed E-state index contributed by atoms with van der Waals surface area (Å²) in [4.78, 5) is 26.9. The maximum atomic E-state index is 12.7. The van der Waals surface area contributed by atoms with Crippen molar-refractivity contribution in [1.29, 1.82) is 0 Å². The van der Waals surface area contributed by atoms with E-state index in [0.717, 1.165) is 38.1 Å². The van der Waals surface area contributed by atoms with Crippen molar-refractivity contribution < 1.29 is 9.59 Å². The molecular formula is C23H16BrNO2S. The average molecular weight is 450 g/mol. The molecule has 0 N–H and O–H groups in total. The molecule has 1 heterocycles. The lowest BCUT2D eigenvalue weighted by atomic mass is 10.0. The summed E-state index contributed by atoms with van der Waals surface area (Å²) < 4.78 is 1.01. The monoisotopic (exact) mass is 449 g/mol. The van der Waals surface area contributed by atoms with Gasteiger partial charge in [0.1, 0.15) is 0 Å². The Morgan fingerprint density at radius 3 is 2.50 bits per heavy atom. The predicted octanol–water partition coefficient (Wildman–Crippen LogP) is 6.40. The predicted molar refractivity (Wildman–Crippen MR) is 119 cm³/mol. The lowest BCUT2D eigenvalue weighted by Gasteiger charge is -2.14. The fraction of sp³-hybridized carbons (Fsp3) is 0.0435. The summed E-state index contributed by atoms with van der Waals surface area (Å²) in [6, 6.07) is 21.8. The number of hydrogen-bond donors (Lipinski definition) is 0. The van der Waals surface area contributed by atoms with E-state index in [9.17, 15) is 9.59 Å². The minimum Gasteiger partial charge on any atom is -0.268 e. The zero-order valence-electron chi connectivity index (χ0n) is 14.8. The Balaban J connectivity index is 1.53. The van der Waals surface area contributed by atoms with E-state index in [1.54, 1.807) is 12.2 Å². The zero-order valence-corrected chi connectivity index (χ0v) is 17.2. The number of rotatable bonds is 4. The highest BCUT2D eigenvalue weighted by molar-refractivity contribution is 9.10. The van der Waals surface area contributed by atoms with Gasteiger partial charge in [-0.25, -0.2) is 0 Å². The first-order chi connectivity index (χ1) is 13.6. The molecule has 4 rings (SSSR count). The van der Waals surface area contributed by atoms with Crippen LogP contribution < -0.4 is 0 Å². The van der Waals surface area contributed by atoms with Gasteiger partial charge in [-0.15, -0.1) is 0 Å². The summed E-state index contributed by atoms with van der Waals surface area (Å²) in [6.07, 6.45) is 5.42. The maximum absolute atomic E-state index is 12.7. The molecule has 0 aliphatic carbocycles. The number of nitrogens with zero attached hydrogens (tertiary/aromatic N) is 1. The molecule has 0 atom stereocenters. The van der Waals surface area contributed by atoms with Crippen LogP contribution in [0.15, 0.2) is 88.3 Å². The van der Waals surface area contributed by atoms with E-state index in [-0.39, 0.29) is 17.7 Å². The largest absolute Gasteiger partial charge is 0.293 e. The summed E-state index contributed by atoms with van der Waals surface area (Å²) in [5.41, 5.74) is 1.99. The molecule has 138 valence electrons. The zero-order chi connectivity index (χ0) is 19.5. The first kappa shape index (κ1) is 18.7. The lowest BCUT2D eigenvalue weighted by Crippen LogP contribution is -2.27. The molecule has 1 aliphatic rings. The fourth-order valence-electron chi connectivity index (χ4n) is 3.07. The molecule has 5 heteroatoms. The number of allylic oxidation sites excluding steroid dienone is 2. The molecule has 3 nitrogen and oxygen atoms in total. The van der Waals surface area contributed by atoms with Crippen LogP contribution in [0.4, 0.5) is 4.79 Å². The Morgan fingerprint density at radius 1 is 0.929 bits per heavy atom. The summed E-state index contributed by atoms with van der Waals surface area (Å²) >= 11 is 4.39. The number of carbonyl (C=O) groups is 2. The van der Waals surface area contributed by atoms with Crippen LogP contribution in [0.3, 0.4) is 0 Å². The third-order valence-corrected chi connectivity index (χ3v) is 5.94. The molecule has 0 saturated carbocycles. The number of halogens is 1. The van der Waals surface area contributed by atoms with Gasteiger partial charge in [0.05, 0.1) is 11.4 Å². The van der Waals surface area contributed by atoms with E-state index in [1.807, 2.05) is 72.8 Å². The van der Waals surface area contributed by atoms with Crippen LogP contribution in [0, 0.1) is 0 Å². The van der Waals surface area contributed by atoms with Crippen molar-refractivity contribution in [2.75, 3.05) is 0 Å². The second kappa shape index (κ2) is 8.17. The number of hydrogen-bond acceptors (Lipinski definition) is 3. The first-order valence-corrected chi connectivity index (χ1v) is 10.4. The number of amides is 2.